The molecule has 1 aromatic carbocycles. The third kappa shape index (κ3) is 5.30. The average molecular weight is 390 g/mol. The number of hydrogen-bond donors (Lipinski definition) is 1. The fourth-order valence-electron chi connectivity index (χ4n) is 2.04. The molecule has 0 bridgehead atoms. The lowest BCUT2D eigenvalue weighted by atomic mass is 10.3. The number of anilines is 1. The molecule has 142 valence electrons. The Balaban J connectivity index is 2.25. The lowest BCUT2D eigenvalue weighted by Crippen LogP contribution is -2.27. The molecule has 0 radical (unpaired) electrons. The van der Waals surface area contributed by atoms with Gasteiger partial charge in [-0.1, -0.05) is 12.1 Å². The van der Waals surface area contributed by atoms with Crippen molar-refractivity contribution >= 4 is 15.8 Å². The molecule has 0 saturated carbocycles. The largest absolute Gasteiger partial charge is 0.573 e. The molecular weight excluding hydrogens is 373 g/mol. The van der Waals surface area contributed by atoms with Crippen molar-refractivity contribution in [1.82, 2.24) is 14.7 Å². The molecule has 0 spiro atoms. The summed E-state index contributed by atoms with van der Waals surface area (Å²) in [4.78, 5) is 9.40. The Hall–Kier alpha value is -2.40. The molecule has 26 heavy (non-hydrogen) atoms. The number of halogens is 3. The van der Waals surface area contributed by atoms with Gasteiger partial charge in [0.1, 0.15) is 22.3 Å². The van der Waals surface area contributed by atoms with Crippen LogP contribution in [0.2, 0.25) is 0 Å². The van der Waals surface area contributed by atoms with E-state index in [2.05, 4.69) is 19.4 Å². The number of nitrogens with one attached hydrogen (secondary N) is 1. The Bertz CT molecular complexity index is 886. The Kier molecular flexibility index (Phi) is 5.71. The Labute approximate surface area is 148 Å². The third-order valence-corrected chi connectivity index (χ3v) is 4.57. The Morgan fingerprint density at radius 1 is 1.19 bits per heavy atom. The number of nitrogens with zero attached hydrogens (tertiary/aromatic N) is 3. The van der Waals surface area contributed by atoms with Crippen LogP contribution in [-0.2, 0) is 16.6 Å². The maximum atomic E-state index is 12.5. The molecule has 1 aromatic heterocycles. The van der Waals surface area contributed by atoms with E-state index >= 15 is 0 Å². The number of aromatic nitrogens is 2. The van der Waals surface area contributed by atoms with Gasteiger partial charge in [0.15, 0.2) is 0 Å². The first-order valence-electron chi connectivity index (χ1n) is 7.34. The lowest BCUT2D eigenvalue weighted by Gasteiger charge is -2.15. The molecule has 0 saturated heterocycles. The summed E-state index contributed by atoms with van der Waals surface area (Å²) in [5.74, 6) is -0.0503. The smallest absolute Gasteiger partial charge is 0.404 e. The first kappa shape index (κ1) is 19.9. The van der Waals surface area contributed by atoms with Gasteiger partial charge in [0.2, 0.25) is 10.0 Å². The van der Waals surface area contributed by atoms with Gasteiger partial charge in [-0.05, 0) is 19.1 Å². The van der Waals surface area contributed by atoms with E-state index in [1.54, 1.807) is 32.0 Å². The van der Waals surface area contributed by atoms with Gasteiger partial charge in [0.25, 0.3) is 0 Å². The molecule has 0 aliphatic heterocycles. The summed E-state index contributed by atoms with van der Waals surface area (Å²) in [5, 5.41) is 0. The van der Waals surface area contributed by atoms with Crippen LogP contribution in [-0.4, -0.2) is 38.8 Å². The summed E-state index contributed by atoms with van der Waals surface area (Å²) in [5.41, 5.74) is 0.624. The van der Waals surface area contributed by atoms with Crippen molar-refractivity contribution in [2.24, 2.45) is 0 Å². The van der Waals surface area contributed by atoms with Crippen molar-refractivity contribution in [3.05, 3.63) is 41.9 Å². The minimum Gasteiger partial charge on any atom is -0.404 e. The number of rotatable bonds is 6. The second kappa shape index (κ2) is 7.46. The van der Waals surface area contributed by atoms with Crippen LogP contribution in [0.1, 0.15) is 11.5 Å². The van der Waals surface area contributed by atoms with E-state index in [4.69, 9.17) is 0 Å². The molecule has 0 aliphatic carbocycles. The van der Waals surface area contributed by atoms with E-state index < -0.39 is 27.0 Å². The number of aryl methyl sites for hydroxylation is 1. The van der Waals surface area contributed by atoms with Gasteiger partial charge >= 0.3 is 6.36 Å². The van der Waals surface area contributed by atoms with Crippen molar-refractivity contribution < 1.29 is 26.3 Å². The third-order valence-electron chi connectivity index (χ3n) is 3.13. The van der Waals surface area contributed by atoms with Crippen molar-refractivity contribution in [1.29, 1.82) is 0 Å². The van der Waals surface area contributed by atoms with Crippen LogP contribution < -0.4 is 14.4 Å². The van der Waals surface area contributed by atoms with E-state index in [-0.39, 0.29) is 12.4 Å². The standard InChI is InChI=1S/C15H17F3N4O3S/c1-10-8-14(22(2)3)21-13(20-10)9-19-26(23,24)12-7-5-4-6-11(12)25-15(16,17)18/h4-8,19H,9H2,1-3H3. The van der Waals surface area contributed by atoms with Crippen LogP contribution in [0.5, 0.6) is 5.75 Å². The van der Waals surface area contributed by atoms with Crippen LogP contribution in [0, 0.1) is 6.92 Å². The summed E-state index contributed by atoms with van der Waals surface area (Å²) in [6.45, 7) is 1.43. The van der Waals surface area contributed by atoms with Crippen LogP contribution in [0.15, 0.2) is 35.2 Å². The monoisotopic (exact) mass is 390 g/mol. The highest BCUT2D eigenvalue weighted by molar-refractivity contribution is 7.89. The molecule has 7 nitrogen and oxygen atoms in total. The zero-order valence-corrected chi connectivity index (χ0v) is 15.0. The first-order valence-corrected chi connectivity index (χ1v) is 8.82. The average Bonchev–Trinajstić information content (AvgIpc) is 2.51. The number of alkyl halides is 3. The van der Waals surface area contributed by atoms with E-state index in [1.807, 2.05) is 0 Å². The fourth-order valence-corrected chi connectivity index (χ4v) is 3.15. The second-order valence-corrected chi connectivity index (χ2v) is 7.23. The van der Waals surface area contributed by atoms with Gasteiger partial charge in [-0.3, -0.25) is 0 Å². The molecule has 11 heteroatoms. The summed E-state index contributed by atoms with van der Waals surface area (Å²) >= 11 is 0. The van der Waals surface area contributed by atoms with E-state index in [0.29, 0.717) is 11.5 Å². The van der Waals surface area contributed by atoms with Gasteiger partial charge in [-0.25, -0.2) is 23.1 Å². The molecule has 2 aromatic rings. The van der Waals surface area contributed by atoms with Crippen molar-refractivity contribution in [3.63, 3.8) is 0 Å². The summed E-state index contributed by atoms with van der Waals surface area (Å²) in [6, 6.07) is 6.20. The van der Waals surface area contributed by atoms with E-state index in [0.717, 1.165) is 12.1 Å². The Morgan fingerprint density at radius 3 is 2.46 bits per heavy atom. The summed E-state index contributed by atoms with van der Waals surface area (Å²) < 4.78 is 68.1. The highest BCUT2D eigenvalue weighted by atomic mass is 32.2. The number of sulfonamides is 1. The van der Waals surface area contributed by atoms with E-state index in [1.165, 1.54) is 12.1 Å². The predicted molar refractivity (Wildman–Crippen MR) is 88.2 cm³/mol. The minimum atomic E-state index is -5.01. The molecule has 0 amide bonds. The summed E-state index contributed by atoms with van der Waals surface area (Å²) in [6.07, 6.45) is -5.01. The fraction of sp³-hybridized carbons (Fsp3) is 0.333. The highest BCUT2D eigenvalue weighted by Gasteiger charge is 2.34. The number of hydrogen-bond acceptors (Lipinski definition) is 6. The molecule has 2 rings (SSSR count). The number of ether oxygens (including phenoxy) is 1. The SMILES string of the molecule is Cc1cc(N(C)C)nc(CNS(=O)(=O)c2ccccc2OC(F)(F)F)n1. The lowest BCUT2D eigenvalue weighted by molar-refractivity contribution is -0.275. The number of para-hydroxylation sites is 1. The zero-order valence-electron chi connectivity index (χ0n) is 14.2. The quantitative estimate of drug-likeness (QED) is 0.814. The molecule has 0 unspecified atom stereocenters. The highest BCUT2D eigenvalue weighted by Crippen LogP contribution is 2.29. The zero-order chi connectivity index (χ0) is 19.5. The number of benzene rings is 1. The Morgan fingerprint density at radius 2 is 1.85 bits per heavy atom. The molecule has 1 heterocycles. The maximum absolute atomic E-state index is 12.5. The van der Waals surface area contributed by atoms with Gasteiger partial charge < -0.3 is 9.64 Å². The van der Waals surface area contributed by atoms with Crippen LogP contribution in [0.25, 0.3) is 0 Å². The second-order valence-electron chi connectivity index (χ2n) is 5.50. The molecule has 1 N–H and O–H groups in total. The van der Waals surface area contributed by atoms with Crippen molar-refractivity contribution in [2.75, 3.05) is 19.0 Å². The molecular formula is C15H17F3N4O3S. The van der Waals surface area contributed by atoms with Crippen LogP contribution in [0.3, 0.4) is 0 Å². The van der Waals surface area contributed by atoms with Crippen molar-refractivity contribution in [2.45, 2.75) is 24.7 Å². The van der Waals surface area contributed by atoms with Crippen LogP contribution in [0.4, 0.5) is 19.0 Å². The molecule has 0 aliphatic rings. The van der Waals surface area contributed by atoms with Gasteiger partial charge in [-0.2, -0.15) is 0 Å². The maximum Gasteiger partial charge on any atom is 0.573 e. The molecule has 0 fully saturated rings. The topological polar surface area (TPSA) is 84.4 Å². The predicted octanol–water partition coefficient (Wildman–Crippen LogP) is 2.23. The van der Waals surface area contributed by atoms with Gasteiger partial charge in [0.05, 0.1) is 6.54 Å². The minimum absolute atomic E-state index is 0.187. The van der Waals surface area contributed by atoms with Crippen LogP contribution >= 0.6 is 0 Å². The van der Waals surface area contributed by atoms with Gasteiger partial charge in [-0.15, -0.1) is 13.2 Å². The molecule has 0 atom stereocenters. The first-order chi connectivity index (χ1) is 12.0. The van der Waals surface area contributed by atoms with Crippen molar-refractivity contribution in [3.8, 4) is 5.75 Å². The van der Waals surface area contributed by atoms with E-state index in [9.17, 15) is 21.6 Å². The summed E-state index contributed by atoms with van der Waals surface area (Å²) in [7, 11) is -0.747. The normalized spacial score (nSPS) is 12.1. The van der Waals surface area contributed by atoms with Gasteiger partial charge in [0, 0.05) is 25.9 Å².